The maximum Gasteiger partial charge on any atom is 0.0761 e. The molecule has 1 aromatic heterocycles. The molecule has 0 saturated heterocycles. The van der Waals surface area contributed by atoms with Gasteiger partial charge in [0.1, 0.15) is 0 Å². The summed E-state index contributed by atoms with van der Waals surface area (Å²) in [5, 5.41) is 3.70. The SMILES string of the molecule is CCCNC(c1ccc2c(c1)CCC2)c1cc(Br)sc1Br. The average Bonchev–Trinajstić information content (AvgIpc) is 3.05. The molecule has 0 saturated carbocycles. The molecule has 2 aromatic rings. The highest BCUT2D eigenvalue weighted by Crippen LogP contribution is 2.38. The second-order valence-electron chi connectivity index (χ2n) is 5.55. The molecule has 1 aromatic carbocycles. The Kier molecular flexibility index (Phi) is 5.20. The summed E-state index contributed by atoms with van der Waals surface area (Å²) in [5.74, 6) is 0. The molecule has 0 amide bonds. The first-order valence-electron chi connectivity index (χ1n) is 7.49. The molecule has 0 aliphatic heterocycles. The minimum absolute atomic E-state index is 0.271. The van der Waals surface area contributed by atoms with Crippen molar-refractivity contribution in [2.45, 2.75) is 38.6 Å². The summed E-state index contributed by atoms with van der Waals surface area (Å²) in [7, 11) is 0. The van der Waals surface area contributed by atoms with Crippen molar-refractivity contribution in [2.24, 2.45) is 0 Å². The zero-order valence-electron chi connectivity index (χ0n) is 12.1. The Balaban J connectivity index is 1.97. The highest BCUT2D eigenvalue weighted by molar-refractivity contribution is 9.12. The van der Waals surface area contributed by atoms with E-state index in [0.717, 1.165) is 13.0 Å². The molecule has 1 N–H and O–H groups in total. The lowest BCUT2D eigenvalue weighted by Gasteiger charge is -2.20. The van der Waals surface area contributed by atoms with Gasteiger partial charge < -0.3 is 5.32 Å². The Morgan fingerprint density at radius 1 is 1.19 bits per heavy atom. The molecule has 0 bridgehead atoms. The zero-order chi connectivity index (χ0) is 14.8. The van der Waals surface area contributed by atoms with Crippen molar-refractivity contribution < 1.29 is 0 Å². The topological polar surface area (TPSA) is 12.0 Å². The van der Waals surface area contributed by atoms with E-state index in [0.29, 0.717) is 0 Å². The molecular formula is C17H19Br2NS. The minimum Gasteiger partial charge on any atom is -0.306 e. The van der Waals surface area contributed by atoms with Crippen LogP contribution in [0.1, 0.15) is 48.1 Å². The summed E-state index contributed by atoms with van der Waals surface area (Å²) >= 11 is 9.06. The summed E-state index contributed by atoms with van der Waals surface area (Å²) in [6, 6.07) is 9.54. The number of halogens is 2. The van der Waals surface area contributed by atoms with Gasteiger partial charge in [-0.1, -0.05) is 25.1 Å². The second-order valence-corrected chi connectivity index (χ2v) is 9.30. The summed E-state index contributed by atoms with van der Waals surface area (Å²) in [5.41, 5.74) is 5.80. The highest BCUT2D eigenvalue weighted by Gasteiger charge is 2.20. The molecule has 3 rings (SSSR count). The predicted octanol–water partition coefficient (Wildman–Crippen LogP) is 5.85. The van der Waals surface area contributed by atoms with Gasteiger partial charge in [0.15, 0.2) is 0 Å². The summed E-state index contributed by atoms with van der Waals surface area (Å²) < 4.78 is 2.39. The van der Waals surface area contributed by atoms with Gasteiger partial charge in [-0.25, -0.2) is 0 Å². The van der Waals surface area contributed by atoms with Gasteiger partial charge in [-0.2, -0.15) is 0 Å². The highest BCUT2D eigenvalue weighted by atomic mass is 79.9. The van der Waals surface area contributed by atoms with Gasteiger partial charge in [-0.05, 0) is 92.4 Å². The van der Waals surface area contributed by atoms with E-state index in [1.165, 1.54) is 38.0 Å². The Morgan fingerprint density at radius 3 is 2.71 bits per heavy atom. The van der Waals surface area contributed by atoms with Gasteiger partial charge in [0.2, 0.25) is 0 Å². The number of aryl methyl sites for hydroxylation is 2. The largest absolute Gasteiger partial charge is 0.306 e. The predicted molar refractivity (Wildman–Crippen MR) is 98.3 cm³/mol. The first-order chi connectivity index (χ1) is 10.2. The van der Waals surface area contributed by atoms with E-state index in [1.54, 1.807) is 22.5 Å². The van der Waals surface area contributed by atoms with Crippen molar-refractivity contribution in [1.29, 1.82) is 0 Å². The number of thiophene rings is 1. The number of hydrogen-bond acceptors (Lipinski definition) is 2. The Morgan fingerprint density at radius 2 is 2.00 bits per heavy atom. The molecule has 1 unspecified atom stereocenters. The first-order valence-corrected chi connectivity index (χ1v) is 9.89. The third-order valence-corrected chi connectivity index (χ3v) is 6.43. The monoisotopic (exact) mass is 427 g/mol. The van der Waals surface area contributed by atoms with Crippen molar-refractivity contribution in [3.8, 4) is 0 Å². The number of fused-ring (bicyclic) bond motifs is 1. The molecule has 1 heterocycles. The van der Waals surface area contributed by atoms with Gasteiger partial charge >= 0.3 is 0 Å². The van der Waals surface area contributed by atoms with E-state index < -0.39 is 0 Å². The molecule has 1 nitrogen and oxygen atoms in total. The Labute approximate surface area is 147 Å². The van der Waals surface area contributed by atoms with E-state index in [4.69, 9.17) is 0 Å². The lowest BCUT2D eigenvalue weighted by atomic mass is 9.97. The van der Waals surface area contributed by atoms with Crippen LogP contribution in [-0.4, -0.2) is 6.54 Å². The molecule has 112 valence electrons. The molecular weight excluding hydrogens is 410 g/mol. The smallest absolute Gasteiger partial charge is 0.0761 e. The van der Waals surface area contributed by atoms with Crippen molar-refractivity contribution in [1.82, 2.24) is 5.32 Å². The van der Waals surface area contributed by atoms with Crippen LogP contribution >= 0.6 is 43.2 Å². The third kappa shape index (κ3) is 3.44. The number of hydrogen-bond donors (Lipinski definition) is 1. The molecule has 0 spiro atoms. The number of rotatable bonds is 5. The molecule has 1 aliphatic rings. The van der Waals surface area contributed by atoms with Crippen molar-refractivity contribution in [3.05, 3.63) is 54.1 Å². The third-order valence-electron chi connectivity index (χ3n) is 4.05. The average molecular weight is 429 g/mol. The van der Waals surface area contributed by atoms with Crippen molar-refractivity contribution in [2.75, 3.05) is 6.54 Å². The van der Waals surface area contributed by atoms with Crippen LogP contribution in [0.25, 0.3) is 0 Å². The van der Waals surface area contributed by atoms with Gasteiger partial charge in [-0.3, -0.25) is 0 Å². The quantitative estimate of drug-likeness (QED) is 0.629. The van der Waals surface area contributed by atoms with Crippen LogP contribution in [0, 0.1) is 0 Å². The van der Waals surface area contributed by atoms with Crippen LogP contribution in [0.3, 0.4) is 0 Å². The van der Waals surface area contributed by atoms with Crippen molar-refractivity contribution >= 4 is 43.2 Å². The van der Waals surface area contributed by atoms with Crippen LogP contribution in [0.2, 0.25) is 0 Å². The Hall–Kier alpha value is -0.160. The van der Waals surface area contributed by atoms with Crippen LogP contribution in [0.4, 0.5) is 0 Å². The summed E-state index contributed by atoms with van der Waals surface area (Å²) in [6.07, 6.45) is 4.93. The molecule has 1 atom stereocenters. The maximum absolute atomic E-state index is 3.72. The van der Waals surface area contributed by atoms with E-state index >= 15 is 0 Å². The molecule has 0 fully saturated rings. The van der Waals surface area contributed by atoms with E-state index in [2.05, 4.69) is 68.4 Å². The maximum atomic E-state index is 3.72. The molecule has 4 heteroatoms. The van der Waals surface area contributed by atoms with Crippen LogP contribution in [0.5, 0.6) is 0 Å². The zero-order valence-corrected chi connectivity index (χ0v) is 16.1. The fourth-order valence-electron chi connectivity index (χ4n) is 3.02. The van der Waals surface area contributed by atoms with Crippen molar-refractivity contribution in [3.63, 3.8) is 0 Å². The number of benzene rings is 1. The van der Waals surface area contributed by atoms with Crippen LogP contribution in [0.15, 0.2) is 31.8 Å². The Bertz CT molecular complexity index is 636. The van der Waals surface area contributed by atoms with Crippen LogP contribution in [-0.2, 0) is 12.8 Å². The van der Waals surface area contributed by atoms with E-state index in [-0.39, 0.29) is 6.04 Å². The van der Waals surface area contributed by atoms with E-state index in [1.807, 2.05) is 0 Å². The molecule has 21 heavy (non-hydrogen) atoms. The fraction of sp³-hybridized carbons (Fsp3) is 0.412. The first kappa shape index (κ1) is 15.7. The van der Waals surface area contributed by atoms with Crippen LogP contribution < -0.4 is 5.32 Å². The lowest BCUT2D eigenvalue weighted by Crippen LogP contribution is -2.23. The van der Waals surface area contributed by atoms with E-state index in [9.17, 15) is 0 Å². The van der Waals surface area contributed by atoms with Gasteiger partial charge in [-0.15, -0.1) is 11.3 Å². The fourth-order valence-corrected chi connectivity index (χ4v) is 5.92. The lowest BCUT2D eigenvalue weighted by molar-refractivity contribution is 0.598. The molecule has 0 radical (unpaired) electrons. The molecule has 1 aliphatic carbocycles. The normalized spacial score (nSPS) is 15.2. The van der Waals surface area contributed by atoms with Gasteiger partial charge in [0, 0.05) is 0 Å². The standard InChI is InChI=1S/C17H19Br2NS/c1-2-8-20-16(14-10-15(18)21-17(14)19)13-7-6-11-4-3-5-12(11)9-13/h6-7,9-10,16,20H,2-5,8H2,1H3. The van der Waals surface area contributed by atoms with Gasteiger partial charge in [0.25, 0.3) is 0 Å². The summed E-state index contributed by atoms with van der Waals surface area (Å²) in [4.78, 5) is 0. The number of nitrogens with one attached hydrogen (secondary N) is 1. The summed E-state index contributed by atoms with van der Waals surface area (Å²) in [6.45, 7) is 3.24. The van der Waals surface area contributed by atoms with Gasteiger partial charge in [0.05, 0.1) is 13.6 Å². The second kappa shape index (κ2) is 6.95. The minimum atomic E-state index is 0.271.